The van der Waals surface area contributed by atoms with Crippen molar-refractivity contribution in [2.75, 3.05) is 17.5 Å². The number of hydrogen-bond donors (Lipinski definition) is 0. The topological polar surface area (TPSA) is 81.9 Å². The van der Waals surface area contributed by atoms with Crippen LogP contribution in [0.5, 0.6) is 11.5 Å². The number of benzene rings is 3. The fourth-order valence-electron chi connectivity index (χ4n) is 3.58. The highest BCUT2D eigenvalue weighted by Gasteiger charge is 2.28. The fraction of sp³-hybridized carbons (Fsp3) is 0.160. The van der Waals surface area contributed by atoms with E-state index < -0.39 is 10.0 Å². The molecule has 7 nitrogen and oxygen atoms in total. The molecule has 0 atom stereocenters. The highest BCUT2D eigenvalue weighted by Crippen LogP contribution is 2.35. The van der Waals surface area contributed by atoms with Gasteiger partial charge in [-0.3, -0.25) is 4.31 Å². The van der Waals surface area contributed by atoms with Crippen molar-refractivity contribution < 1.29 is 22.3 Å². The quantitative estimate of drug-likeness (QED) is 0.409. The van der Waals surface area contributed by atoms with E-state index in [-0.39, 0.29) is 17.3 Å². The summed E-state index contributed by atoms with van der Waals surface area (Å²) < 4.78 is 45.8. The van der Waals surface area contributed by atoms with E-state index in [1.807, 2.05) is 49.4 Å². The number of aromatic nitrogens is 1. The van der Waals surface area contributed by atoms with Gasteiger partial charge >= 0.3 is 0 Å². The normalized spacial score (nSPS) is 13.0. The number of oxazole rings is 1. The molecular weight excluding hydrogens is 440 g/mol. The first-order chi connectivity index (χ1) is 16.0. The van der Waals surface area contributed by atoms with Gasteiger partial charge < -0.3 is 13.9 Å². The molecule has 33 heavy (non-hydrogen) atoms. The molecule has 0 unspecified atom stereocenters. The molecule has 0 saturated carbocycles. The molecule has 1 aromatic heterocycles. The van der Waals surface area contributed by atoms with E-state index in [0.29, 0.717) is 36.2 Å². The Hall–Kier alpha value is -3.78. The largest absolute Gasteiger partial charge is 0.486 e. The maximum absolute atomic E-state index is 13.7. The van der Waals surface area contributed by atoms with Crippen molar-refractivity contribution in [1.82, 2.24) is 4.98 Å². The van der Waals surface area contributed by atoms with Gasteiger partial charge in [0.15, 0.2) is 17.3 Å². The second-order valence-electron chi connectivity index (χ2n) is 7.64. The third-order valence-corrected chi connectivity index (χ3v) is 7.08. The number of sulfonamides is 1. The van der Waals surface area contributed by atoms with E-state index in [9.17, 15) is 8.42 Å². The van der Waals surface area contributed by atoms with Gasteiger partial charge in [-0.25, -0.2) is 13.4 Å². The maximum atomic E-state index is 13.7. The molecule has 0 spiro atoms. The predicted octanol–water partition coefficient (Wildman–Crippen LogP) is 4.82. The fourth-order valence-corrected chi connectivity index (χ4v) is 5.01. The lowest BCUT2D eigenvalue weighted by molar-refractivity contribution is 0.171. The minimum absolute atomic E-state index is 0.0628. The second-order valence-corrected chi connectivity index (χ2v) is 9.50. The summed E-state index contributed by atoms with van der Waals surface area (Å²) in [6.45, 7) is 2.69. The molecule has 0 fully saturated rings. The first-order valence-electron chi connectivity index (χ1n) is 10.5. The molecule has 4 aromatic rings. The average Bonchev–Trinajstić information content (AvgIpc) is 3.32. The van der Waals surface area contributed by atoms with Crippen molar-refractivity contribution in [2.24, 2.45) is 0 Å². The van der Waals surface area contributed by atoms with E-state index in [1.165, 1.54) is 16.4 Å². The smallest absolute Gasteiger partial charge is 0.264 e. The van der Waals surface area contributed by atoms with Crippen LogP contribution < -0.4 is 13.8 Å². The summed E-state index contributed by atoms with van der Waals surface area (Å²) in [6, 6.07) is 21.5. The zero-order chi connectivity index (χ0) is 22.8. The Bertz CT molecular complexity index is 1370. The molecule has 5 rings (SSSR count). The van der Waals surface area contributed by atoms with Gasteiger partial charge in [-0.2, -0.15) is 0 Å². The van der Waals surface area contributed by atoms with Crippen molar-refractivity contribution >= 4 is 15.7 Å². The summed E-state index contributed by atoms with van der Waals surface area (Å²) in [4.78, 5) is 4.43. The standard InChI is InChI=1S/C25H22N2O5S/c1-18-7-9-20(10-8-18)27(17-25-26-16-24(32-25)19-5-3-2-4-6-19)33(28,29)21-11-12-22-23(15-21)31-14-13-30-22/h2-12,15-16H,13-14,17H2,1H3. The monoisotopic (exact) mass is 462 g/mol. The van der Waals surface area contributed by atoms with E-state index in [1.54, 1.807) is 24.4 Å². The van der Waals surface area contributed by atoms with Gasteiger partial charge in [0.25, 0.3) is 10.0 Å². The maximum Gasteiger partial charge on any atom is 0.264 e. The summed E-state index contributed by atoms with van der Waals surface area (Å²) in [7, 11) is -3.96. The third kappa shape index (κ3) is 4.29. The van der Waals surface area contributed by atoms with Gasteiger partial charge in [0, 0.05) is 11.6 Å². The SMILES string of the molecule is Cc1ccc(N(Cc2ncc(-c3ccccc3)o2)S(=O)(=O)c2ccc3c(c2)OCCO3)cc1. The van der Waals surface area contributed by atoms with Gasteiger partial charge in [0.2, 0.25) is 5.89 Å². The van der Waals surface area contributed by atoms with Gasteiger partial charge in [-0.1, -0.05) is 48.0 Å². The molecule has 1 aliphatic heterocycles. The minimum atomic E-state index is -3.96. The number of rotatable bonds is 6. The van der Waals surface area contributed by atoms with Crippen LogP contribution in [-0.4, -0.2) is 26.6 Å². The van der Waals surface area contributed by atoms with Crippen LogP contribution in [0.25, 0.3) is 11.3 Å². The Morgan fingerprint density at radius 1 is 0.909 bits per heavy atom. The molecule has 0 aliphatic carbocycles. The van der Waals surface area contributed by atoms with Crippen LogP contribution in [0.1, 0.15) is 11.5 Å². The van der Waals surface area contributed by atoms with Crippen LogP contribution in [0.4, 0.5) is 5.69 Å². The minimum Gasteiger partial charge on any atom is -0.486 e. The van der Waals surface area contributed by atoms with Crippen molar-refractivity contribution in [1.29, 1.82) is 0 Å². The van der Waals surface area contributed by atoms with Crippen LogP contribution >= 0.6 is 0 Å². The number of nitrogens with zero attached hydrogens (tertiary/aromatic N) is 2. The Morgan fingerprint density at radius 3 is 2.39 bits per heavy atom. The van der Waals surface area contributed by atoms with Crippen molar-refractivity contribution in [2.45, 2.75) is 18.4 Å². The lowest BCUT2D eigenvalue weighted by atomic mass is 10.2. The molecule has 168 valence electrons. The number of hydrogen-bond acceptors (Lipinski definition) is 6. The molecule has 0 bridgehead atoms. The third-order valence-electron chi connectivity index (χ3n) is 5.31. The van der Waals surface area contributed by atoms with Crippen molar-refractivity contribution in [3.8, 4) is 22.8 Å². The molecule has 8 heteroatoms. The molecule has 0 amide bonds. The lowest BCUT2D eigenvalue weighted by Gasteiger charge is -2.25. The second kappa shape index (κ2) is 8.63. The Morgan fingerprint density at radius 2 is 1.64 bits per heavy atom. The number of ether oxygens (including phenoxy) is 2. The first-order valence-corrected chi connectivity index (χ1v) is 11.9. The number of anilines is 1. The van der Waals surface area contributed by atoms with Crippen LogP contribution in [0.3, 0.4) is 0 Å². The van der Waals surface area contributed by atoms with Gasteiger partial charge in [0.1, 0.15) is 19.8 Å². The van der Waals surface area contributed by atoms with E-state index in [0.717, 1.165) is 11.1 Å². The highest BCUT2D eigenvalue weighted by atomic mass is 32.2. The molecule has 2 heterocycles. The Balaban J connectivity index is 1.52. The van der Waals surface area contributed by atoms with Crippen LogP contribution in [-0.2, 0) is 16.6 Å². The van der Waals surface area contributed by atoms with E-state index in [2.05, 4.69) is 4.98 Å². The van der Waals surface area contributed by atoms with Crippen molar-refractivity contribution in [3.05, 3.63) is 90.4 Å². The van der Waals surface area contributed by atoms with E-state index >= 15 is 0 Å². The molecular formula is C25H22N2O5S. The van der Waals surface area contributed by atoms with Gasteiger partial charge in [-0.05, 0) is 31.2 Å². The average molecular weight is 463 g/mol. The molecule has 1 aliphatic rings. The van der Waals surface area contributed by atoms with Crippen LogP contribution in [0.15, 0.2) is 88.3 Å². The van der Waals surface area contributed by atoms with Crippen molar-refractivity contribution in [3.63, 3.8) is 0 Å². The molecule has 3 aromatic carbocycles. The summed E-state index contributed by atoms with van der Waals surface area (Å²) >= 11 is 0. The van der Waals surface area contributed by atoms with E-state index in [4.69, 9.17) is 13.9 Å². The number of aryl methyl sites for hydroxylation is 1. The number of fused-ring (bicyclic) bond motifs is 1. The summed E-state index contributed by atoms with van der Waals surface area (Å²) in [5.41, 5.74) is 2.40. The summed E-state index contributed by atoms with van der Waals surface area (Å²) in [5.74, 6) is 1.80. The lowest BCUT2D eigenvalue weighted by Crippen LogP contribution is -2.31. The molecule has 0 saturated heterocycles. The van der Waals surface area contributed by atoms with Gasteiger partial charge in [-0.15, -0.1) is 0 Å². The zero-order valence-corrected chi connectivity index (χ0v) is 18.8. The first kappa shape index (κ1) is 21.1. The van der Waals surface area contributed by atoms with Crippen LogP contribution in [0, 0.1) is 6.92 Å². The van der Waals surface area contributed by atoms with Crippen LogP contribution in [0.2, 0.25) is 0 Å². The Labute approximate surface area is 192 Å². The summed E-state index contributed by atoms with van der Waals surface area (Å²) in [6.07, 6.45) is 1.61. The van der Waals surface area contributed by atoms with Gasteiger partial charge in [0.05, 0.1) is 16.8 Å². The highest BCUT2D eigenvalue weighted by molar-refractivity contribution is 7.92. The predicted molar refractivity (Wildman–Crippen MR) is 124 cm³/mol. The molecule has 0 N–H and O–H groups in total. The molecule has 0 radical (unpaired) electrons. The summed E-state index contributed by atoms with van der Waals surface area (Å²) in [5, 5.41) is 0. The Kier molecular flexibility index (Phi) is 5.51. The zero-order valence-electron chi connectivity index (χ0n) is 18.0.